The molecule has 1 aromatic carbocycles. The molecule has 5 N–H and O–H groups in total. The van der Waals surface area contributed by atoms with E-state index in [9.17, 15) is 19.4 Å². The lowest BCUT2D eigenvalue weighted by molar-refractivity contribution is -0.125. The van der Waals surface area contributed by atoms with Crippen molar-refractivity contribution < 1.29 is 24.1 Å². The fourth-order valence-corrected chi connectivity index (χ4v) is 2.25. The van der Waals surface area contributed by atoms with Gasteiger partial charge in [-0.15, -0.1) is 0 Å². The number of aliphatic hydroxyl groups excluding tert-OH is 2. The largest absolute Gasteiger partial charge is 0.388 e. The normalized spacial score (nSPS) is 28.6. The third-order valence-electron chi connectivity index (χ3n) is 3.48. The molecule has 2 rings (SSSR count). The summed E-state index contributed by atoms with van der Waals surface area (Å²) in [4.78, 5) is 11.8. The van der Waals surface area contributed by atoms with E-state index < -0.39 is 24.4 Å². The molecular weight excluding hydrogens is 279 g/mol. The zero-order valence-corrected chi connectivity index (χ0v) is 11.4. The number of hydrogen-bond acceptors (Lipinski definition) is 5. The second-order valence-electron chi connectivity index (χ2n) is 5.04. The molecule has 116 valence electrons. The number of nitrogens with one attached hydrogen (secondary N) is 1. The van der Waals surface area contributed by atoms with Crippen LogP contribution in [-0.4, -0.2) is 47.1 Å². The molecule has 21 heavy (non-hydrogen) atoms. The van der Waals surface area contributed by atoms with E-state index in [1.165, 1.54) is 12.1 Å². The van der Waals surface area contributed by atoms with Crippen LogP contribution in [0.2, 0.25) is 0 Å². The third kappa shape index (κ3) is 3.98. The molecule has 1 saturated heterocycles. The Labute approximate surface area is 121 Å². The van der Waals surface area contributed by atoms with Crippen LogP contribution in [0.3, 0.4) is 0 Å². The molecule has 1 aliphatic rings. The van der Waals surface area contributed by atoms with Gasteiger partial charge in [0.2, 0.25) is 5.91 Å². The summed E-state index contributed by atoms with van der Waals surface area (Å²) in [6, 6.07) is 5.77. The van der Waals surface area contributed by atoms with Crippen LogP contribution in [0.1, 0.15) is 12.0 Å². The maximum absolute atomic E-state index is 12.7. The van der Waals surface area contributed by atoms with Gasteiger partial charge in [0.05, 0.1) is 18.6 Å². The summed E-state index contributed by atoms with van der Waals surface area (Å²) in [6.07, 6.45) is -3.72. The molecule has 0 radical (unpaired) electrons. The predicted molar refractivity (Wildman–Crippen MR) is 72.6 cm³/mol. The lowest BCUT2D eigenvalue weighted by atomic mass is 10.1. The average Bonchev–Trinajstić information content (AvgIpc) is 2.74. The number of hydrogen-bond donors (Lipinski definition) is 4. The van der Waals surface area contributed by atoms with E-state index in [-0.39, 0.29) is 31.2 Å². The predicted octanol–water partition coefficient (Wildman–Crippen LogP) is -0.720. The summed E-state index contributed by atoms with van der Waals surface area (Å²) in [7, 11) is 0. The summed E-state index contributed by atoms with van der Waals surface area (Å²) >= 11 is 0. The van der Waals surface area contributed by atoms with E-state index >= 15 is 0 Å². The van der Waals surface area contributed by atoms with Crippen LogP contribution in [0.25, 0.3) is 0 Å². The van der Waals surface area contributed by atoms with Crippen molar-refractivity contribution in [2.75, 3.05) is 6.54 Å². The van der Waals surface area contributed by atoms with Gasteiger partial charge in [0.1, 0.15) is 18.0 Å². The molecule has 0 saturated carbocycles. The SMILES string of the molecule is NCC1OC(CC(=O)NCc2ccc(F)cc2)C(O)C1O. The molecule has 4 atom stereocenters. The van der Waals surface area contributed by atoms with Crippen molar-refractivity contribution in [1.82, 2.24) is 5.32 Å². The number of benzene rings is 1. The van der Waals surface area contributed by atoms with Crippen molar-refractivity contribution in [3.8, 4) is 0 Å². The summed E-state index contributed by atoms with van der Waals surface area (Å²) < 4.78 is 18.1. The molecule has 7 heteroatoms. The van der Waals surface area contributed by atoms with E-state index in [0.29, 0.717) is 0 Å². The van der Waals surface area contributed by atoms with Crippen molar-refractivity contribution in [2.45, 2.75) is 37.4 Å². The topological polar surface area (TPSA) is 105 Å². The summed E-state index contributed by atoms with van der Waals surface area (Å²) in [5.41, 5.74) is 6.16. The van der Waals surface area contributed by atoms with Crippen LogP contribution in [0.4, 0.5) is 4.39 Å². The van der Waals surface area contributed by atoms with Crippen molar-refractivity contribution in [1.29, 1.82) is 0 Å². The van der Waals surface area contributed by atoms with Crippen molar-refractivity contribution in [3.05, 3.63) is 35.6 Å². The molecule has 6 nitrogen and oxygen atoms in total. The van der Waals surface area contributed by atoms with Crippen molar-refractivity contribution >= 4 is 5.91 Å². The number of ether oxygens (including phenoxy) is 1. The Kier molecular flexibility index (Phi) is 5.24. The van der Waals surface area contributed by atoms with Gasteiger partial charge in [0.25, 0.3) is 0 Å². The molecule has 1 heterocycles. The molecule has 0 spiro atoms. The number of carbonyl (C=O) groups is 1. The second kappa shape index (κ2) is 6.95. The highest BCUT2D eigenvalue weighted by Gasteiger charge is 2.42. The number of nitrogens with two attached hydrogens (primary N) is 1. The summed E-state index contributed by atoms with van der Waals surface area (Å²) in [5.74, 6) is -0.664. The van der Waals surface area contributed by atoms with E-state index in [1.807, 2.05) is 0 Å². The first-order valence-corrected chi connectivity index (χ1v) is 6.74. The molecule has 1 fully saturated rings. The Morgan fingerprint density at radius 1 is 1.24 bits per heavy atom. The smallest absolute Gasteiger partial charge is 0.222 e. The highest BCUT2D eigenvalue weighted by molar-refractivity contribution is 5.76. The molecule has 1 aliphatic heterocycles. The number of carbonyl (C=O) groups excluding carboxylic acids is 1. The fourth-order valence-electron chi connectivity index (χ4n) is 2.25. The number of aliphatic hydroxyl groups is 2. The highest BCUT2D eigenvalue weighted by atomic mass is 19.1. The quantitative estimate of drug-likeness (QED) is 0.574. The number of rotatable bonds is 5. The van der Waals surface area contributed by atoms with Gasteiger partial charge in [-0.1, -0.05) is 12.1 Å². The Balaban J connectivity index is 1.81. The van der Waals surface area contributed by atoms with Gasteiger partial charge < -0.3 is 26.0 Å². The van der Waals surface area contributed by atoms with Crippen molar-refractivity contribution in [2.24, 2.45) is 5.73 Å². The number of amides is 1. The standard InChI is InChI=1S/C14H19FN2O4/c15-9-3-1-8(2-4-9)7-17-12(18)5-10-13(19)14(20)11(6-16)21-10/h1-4,10-11,13-14,19-20H,5-7,16H2,(H,17,18). The molecule has 0 bridgehead atoms. The van der Waals surface area contributed by atoms with Crippen LogP contribution in [0.5, 0.6) is 0 Å². The van der Waals surface area contributed by atoms with Gasteiger partial charge in [-0.2, -0.15) is 0 Å². The minimum atomic E-state index is -1.13. The van der Waals surface area contributed by atoms with Gasteiger partial charge >= 0.3 is 0 Å². The van der Waals surface area contributed by atoms with Gasteiger partial charge in [-0.05, 0) is 17.7 Å². The fraction of sp³-hybridized carbons (Fsp3) is 0.500. The summed E-state index contributed by atoms with van der Waals surface area (Å²) in [5, 5.41) is 22.1. The van der Waals surface area contributed by atoms with E-state index in [0.717, 1.165) is 5.56 Å². The van der Waals surface area contributed by atoms with Crippen molar-refractivity contribution in [3.63, 3.8) is 0 Å². The average molecular weight is 298 g/mol. The van der Waals surface area contributed by atoms with E-state index in [1.54, 1.807) is 12.1 Å². The van der Waals surface area contributed by atoms with Gasteiger partial charge in [0.15, 0.2) is 0 Å². The van der Waals surface area contributed by atoms with E-state index in [2.05, 4.69) is 5.32 Å². The third-order valence-corrected chi connectivity index (χ3v) is 3.48. The van der Waals surface area contributed by atoms with Crippen LogP contribution in [0.15, 0.2) is 24.3 Å². The maximum atomic E-state index is 12.7. The van der Waals surface area contributed by atoms with Crippen LogP contribution >= 0.6 is 0 Å². The maximum Gasteiger partial charge on any atom is 0.222 e. The van der Waals surface area contributed by atoms with Gasteiger partial charge in [-0.3, -0.25) is 4.79 Å². The Morgan fingerprint density at radius 3 is 2.43 bits per heavy atom. The molecular formula is C14H19FN2O4. The molecule has 1 aromatic rings. The van der Waals surface area contributed by atoms with Gasteiger partial charge in [0, 0.05) is 13.1 Å². The first-order chi connectivity index (χ1) is 10.0. The molecule has 0 aliphatic carbocycles. The Morgan fingerprint density at radius 2 is 1.86 bits per heavy atom. The molecule has 0 aromatic heterocycles. The van der Waals surface area contributed by atoms with E-state index in [4.69, 9.17) is 10.5 Å². The Bertz CT molecular complexity index is 482. The van der Waals surface area contributed by atoms with Crippen LogP contribution < -0.4 is 11.1 Å². The zero-order chi connectivity index (χ0) is 15.4. The van der Waals surface area contributed by atoms with Crippen LogP contribution in [-0.2, 0) is 16.1 Å². The first-order valence-electron chi connectivity index (χ1n) is 6.74. The molecule has 4 unspecified atom stereocenters. The number of halogens is 1. The Hall–Kier alpha value is -1.54. The highest BCUT2D eigenvalue weighted by Crippen LogP contribution is 2.22. The summed E-state index contributed by atoms with van der Waals surface area (Å²) in [6.45, 7) is 0.330. The lowest BCUT2D eigenvalue weighted by Crippen LogP contribution is -2.37. The lowest BCUT2D eigenvalue weighted by Gasteiger charge is -2.14. The minimum absolute atomic E-state index is 0.0735. The first kappa shape index (κ1) is 15.8. The minimum Gasteiger partial charge on any atom is -0.388 e. The zero-order valence-electron chi connectivity index (χ0n) is 11.4. The second-order valence-corrected chi connectivity index (χ2v) is 5.04. The van der Waals surface area contributed by atoms with Crippen LogP contribution in [0, 0.1) is 5.82 Å². The van der Waals surface area contributed by atoms with Gasteiger partial charge in [-0.25, -0.2) is 4.39 Å². The molecule has 1 amide bonds. The monoisotopic (exact) mass is 298 g/mol.